The highest BCUT2D eigenvalue weighted by atomic mass is 79.9. The van der Waals surface area contributed by atoms with Crippen LogP contribution in [0.25, 0.3) is 0 Å². The van der Waals surface area contributed by atoms with Gasteiger partial charge in [-0.2, -0.15) is 0 Å². The number of benzene rings is 1. The highest BCUT2D eigenvalue weighted by Gasteiger charge is 2.14. The molecule has 2 N–H and O–H groups in total. The molecule has 0 aliphatic carbocycles. The lowest BCUT2D eigenvalue weighted by Crippen LogP contribution is -2.01. The summed E-state index contributed by atoms with van der Waals surface area (Å²) in [6.45, 7) is 6.08. The van der Waals surface area contributed by atoms with Gasteiger partial charge >= 0.3 is 0 Å². The van der Waals surface area contributed by atoms with Crippen molar-refractivity contribution in [2.24, 2.45) is 0 Å². The minimum atomic E-state index is -0.0393. The van der Waals surface area contributed by atoms with Crippen LogP contribution in [0.15, 0.2) is 16.6 Å². The summed E-state index contributed by atoms with van der Waals surface area (Å²) in [5.41, 5.74) is 1.87. The molecule has 0 bridgehead atoms. The molecule has 3 heteroatoms. The second kappa shape index (κ2) is 4.99. The van der Waals surface area contributed by atoms with Crippen LogP contribution >= 0.6 is 15.9 Å². The smallest absolute Gasteiger partial charge is 0.119 e. The van der Waals surface area contributed by atoms with Crippen molar-refractivity contribution >= 4 is 15.9 Å². The van der Waals surface area contributed by atoms with Gasteiger partial charge in [0, 0.05) is 22.6 Å². The molecule has 15 heavy (non-hydrogen) atoms. The molecule has 0 fully saturated rings. The molecule has 0 aliphatic rings. The van der Waals surface area contributed by atoms with Gasteiger partial charge in [0.2, 0.25) is 0 Å². The number of hydrogen-bond acceptors (Lipinski definition) is 2. The van der Waals surface area contributed by atoms with E-state index in [1.807, 2.05) is 13.0 Å². The summed E-state index contributed by atoms with van der Waals surface area (Å²) in [7, 11) is 0. The van der Waals surface area contributed by atoms with Crippen LogP contribution in [0.3, 0.4) is 0 Å². The van der Waals surface area contributed by atoms with Gasteiger partial charge in [0.25, 0.3) is 0 Å². The lowest BCUT2D eigenvalue weighted by Gasteiger charge is -2.15. The predicted molar refractivity (Wildman–Crippen MR) is 65.4 cm³/mol. The van der Waals surface area contributed by atoms with Gasteiger partial charge < -0.3 is 10.2 Å². The molecule has 2 nitrogen and oxygen atoms in total. The Labute approximate surface area is 99.1 Å². The van der Waals surface area contributed by atoms with Crippen LogP contribution in [0.4, 0.5) is 0 Å². The average Bonchev–Trinajstić information content (AvgIpc) is 2.19. The maximum atomic E-state index is 9.83. The Hall–Kier alpha value is -0.540. The van der Waals surface area contributed by atoms with Gasteiger partial charge in [0.05, 0.1) is 0 Å². The first kappa shape index (κ1) is 12.5. The third-order valence-corrected chi connectivity index (χ3v) is 3.26. The number of aliphatic hydroxyl groups excluding tert-OH is 1. The van der Waals surface area contributed by atoms with E-state index in [9.17, 15) is 5.11 Å². The van der Waals surface area contributed by atoms with Crippen molar-refractivity contribution in [1.82, 2.24) is 0 Å². The zero-order valence-corrected chi connectivity index (χ0v) is 10.9. The largest absolute Gasteiger partial charge is 0.508 e. The molecule has 0 heterocycles. The third-order valence-electron chi connectivity index (χ3n) is 2.57. The molecule has 1 unspecified atom stereocenters. The molecule has 0 saturated heterocycles. The van der Waals surface area contributed by atoms with E-state index < -0.39 is 0 Å². The standard InChI is InChI=1S/C12H17BrO2/c1-7(2)9-5-12(15)10(4-11(9)13)8(3)6-14/h4-5,7-8,14-15H,6H2,1-3H3. The molecule has 0 aromatic heterocycles. The van der Waals surface area contributed by atoms with Crippen molar-refractivity contribution in [3.63, 3.8) is 0 Å². The number of phenols is 1. The van der Waals surface area contributed by atoms with Crippen molar-refractivity contribution in [1.29, 1.82) is 0 Å². The molecule has 1 atom stereocenters. The molecule has 0 amide bonds. The monoisotopic (exact) mass is 272 g/mol. The first-order chi connectivity index (χ1) is 6.97. The van der Waals surface area contributed by atoms with Gasteiger partial charge in [-0.05, 0) is 23.6 Å². The number of halogens is 1. The lowest BCUT2D eigenvalue weighted by molar-refractivity contribution is 0.270. The van der Waals surface area contributed by atoms with Crippen molar-refractivity contribution in [2.45, 2.75) is 32.6 Å². The lowest BCUT2D eigenvalue weighted by atomic mass is 9.95. The maximum Gasteiger partial charge on any atom is 0.119 e. The summed E-state index contributed by atoms with van der Waals surface area (Å²) < 4.78 is 0.991. The molecule has 1 aromatic rings. The van der Waals surface area contributed by atoms with Crippen LogP contribution in [0.1, 0.15) is 43.7 Å². The van der Waals surface area contributed by atoms with Crippen LogP contribution < -0.4 is 0 Å². The Morgan fingerprint density at radius 1 is 1.20 bits per heavy atom. The Morgan fingerprint density at radius 3 is 2.27 bits per heavy atom. The summed E-state index contributed by atoms with van der Waals surface area (Å²) >= 11 is 3.49. The van der Waals surface area contributed by atoms with Gasteiger partial charge in [-0.3, -0.25) is 0 Å². The molecule has 0 aliphatic heterocycles. The van der Waals surface area contributed by atoms with Gasteiger partial charge in [-0.25, -0.2) is 0 Å². The number of hydrogen-bond donors (Lipinski definition) is 2. The second-order valence-corrected chi connectivity index (χ2v) is 5.03. The van der Waals surface area contributed by atoms with Gasteiger partial charge in [0.15, 0.2) is 0 Å². The zero-order valence-electron chi connectivity index (χ0n) is 9.29. The van der Waals surface area contributed by atoms with E-state index in [-0.39, 0.29) is 18.3 Å². The van der Waals surface area contributed by atoms with E-state index >= 15 is 0 Å². The SMILES string of the molecule is CC(C)c1cc(O)c(C(C)CO)cc1Br. The normalized spacial score (nSPS) is 13.2. The van der Waals surface area contributed by atoms with Crippen LogP contribution in [0.2, 0.25) is 0 Å². The number of rotatable bonds is 3. The van der Waals surface area contributed by atoms with Crippen molar-refractivity contribution in [3.05, 3.63) is 27.7 Å². The second-order valence-electron chi connectivity index (χ2n) is 4.17. The fourth-order valence-corrected chi connectivity index (χ4v) is 2.35. The van der Waals surface area contributed by atoms with Crippen LogP contribution in [-0.2, 0) is 0 Å². The van der Waals surface area contributed by atoms with Crippen molar-refractivity contribution in [3.8, 4) is 5.75 Å². The van der Waals surface area contributed by atoms with Crippen LogP contribution in [-0.4, -0.2) is 16.8 Å². The molecule has 1 aromatic carbocycles. The van der Waals surface area contributed by atoms with Gasteiger partial charge in [-0.1, -0.05) is 36.7 Å². The van der Waals surface area contributed by atoms with E-state index in [2.05, 4.69) is 29.8 Å². The summed E-state index contributed by atoms with van der Waals surface area (Å²) in [4.78, 5) is 0. The molecule has 0 spiro atoms. The van der Waals surface area contributed by atoms with Gasteiger partial charge in [0.1, 0.15) is 5.75 Å². The van der Waals surface area contributed by atoms with E-state index in [0.29, 0.717) is 5.92 Å². The quantitative estimate of drug-likeness (QED) is 0.886. The van der Waals surface area contributed by atoms with Crippen molar-refractivity contribution in [2.75, 3.05) is 6.61 Å². The fourth-order valence-electron chi connectivity index (χ4n) is 1.53. The Balaban J connectivity index is 3.19. The van der Waals surface area contributed by atoms with E-state index in [0.717, 1.165) is 15.6 Å². The zero-order chi connectivity index (χ0) is 11.6. The minimum absolute atomic E-state index is 0.0393. The Kier molecular flexibility index (Phi) is 4.17. The third kappa shape index (κ3) is 2.73. The van der Waals surface area contributed by atoms with E-state index in [1.165, 1.54) is 0 Å². The summed E-state index contributed by atoms with van der Waals surface area (Å²) in [5.74, 6) is 0.592. The average molecular weight is 273 g/mol. The number of aliphatic hydroxyl groups is 1. The number of aromatic hydroxyl groups is 1. The first-order valence-corrected chi connectivity index (χ1v) is 5.89. The molecule has 84 valence electrons. The summed E-state index contributed by atoms with van der Waals surface area (Å²) in [6, 6.07) is 3.67. The molecule has 1 rings (SSSR count). The highest BCUT2D eigenvalue weighted by molar-refractivity contribution is 9.10. The first-order valence-electron chi connectivity index (χ1n) is 5.10. The van der Waals surface area contributed by atoms with Crippen LogP contribution in [0.5, 0.6) is 5.75 Å². The summed E-state index contributed by atoms with van der Waals surface area (Å²) in [5, 5.41) is 18.9. The molecule has 0 saturated carbocycles. The van der Waals surface area contributed by atoms with Gasteiger partial charge in [-0.15, -0.1) is 0 Å². The van der Waals surface area contributed by atoms with Crippen molar-refractivity contribution < 1.29 is 10.2 Å². The fraction of sp³-hybridized carbons (Fsp3) is 0.500. The Morgan fingerprint density at radius 2 is 1.80 bits per heavy atom. The van der Waals surface area contributed by atoms with E-state index in [1.54, 1.807) is 6.07 Å². The maximum absolute atomic E-state index is 9.83. The predicted octanol–water partition coefficient (Wildman–Crippen LogP) is 3.37. The van der Waals surface area contributed by atoms with Crippen LogP contribution in [0, 0.1) is 0 Å². The summed E-state index contributed by atoms with van der Waals surface area (Å²) in [6.07, 6.45) is 0. The minimum Gasteiger partial charge on any atom is -0.508 e. The Bertz CT molecular complexity index is 348. The van der Waals surface area contributed by atoms with E-state index in [4.69, 9.17) is 5.11 Å². The topological polar surface area (TPSA) is 40.5 Å². The number of phenolic OH excluding ortho intramolecular Hbond substituents is 1. The molecular formula is C12H17BrO2. The molecule has 0 radical (unpaired) electrons. The molecular weight excluding hydrogens is 256 g/mol. The highest BCUT2D eigenvalue weighted by Crippen LogP contribution is 2.34.